The van der Waals surface area contributed by atoms with Gasteiger partial charge in [-0.15, -0.1) is 0 Å². The molecule has 0 heterocycles. The quantitative estimate of drug-likeness (QED) is 0.731. The minimum atomic E-state index is 0.148. The molecule has 2 aromatic rings. The van der Waals surface area contributed by atoms with Crippen LogP contribution in [0.3, 0.4) is 0 Å². The van der Waals surface area contributed by atoms with Crippen LogP contribution < -0.4 is 0 Å². The number of ether oxygens (including phenoxy) is 1. The lowest BCUT2D eigenvalue weighted by Gasteiger charge is -2.14. The Morgan fingerprint density at radius 2 is 2.07 bits per heavy atom. The number of rotatable bonds is 3. The molecule has 1 unspecified atom stereocenters. The fraction of sp³-hybridized carbons (Fsp3) is 0.286. The van der Waals surface area contributed by atoms with Crippen LogP contribution in [0.1, 0.15) is 25.5 Å². The van der Waals surface area contributed by atoms with E-state index in [0.717, 1.165) is 12.0 Å². The van der Waals surface area contributed by atoms with Gasteiger partial charge in [0.1, 0.15) is 0 Å². The second-order valence-electron chi connectivity index (χ2n) is 3.58. The minimum absolute atomic E-state index is 0.148. The molecule has 0 spiro atoms. The van der Waals surface area contributed by atoms with Crippen molar-refractivity contribution in [3.05, 3.63) is 48.0 Å². The van der Waals surface area contributed by atoms with Crippen LogP contribution in [-0.4, -0.2) is 6.61 Å². The van der Waals surface area contributed by atoms with E-state index in [1.165, 1.54) is 10.9 Å². The molecule has 0 saturated carbocycles. The first-order chi connectivity index (χ1) is 7.33. The number of benzene rings is 2. The molecular weight excluding hydrogens is 184 g/mol. The third-order valence-electron chi connectivity index (χ3n) is 2.59. The van der Waals surface area contributed by atoms with Gasteiger partial charge in [-0.1, -0.05) is 36.4 Å². The molecule has 0 bridgehead atoms. The normalized spacial score (nSPS) is 12.9. The first-order valence-corrected chi connectivity index (χ1v) is 5.34. The van der Waals surface area contributed by atoms with Crippen LogP contribution in [0.4, 0.5) is 0 Å². The van der Waals surface area contributed by atoms with E-state index in [-0.39, 0.29) is 6.10 Å². The molecule has 0 amide bonds. The SMILES string of the molecule is CCOC(C)c1cc[c]c2ccccc12. The Hall–Kier alpha value is -1.34. The van der Waals surface area contributed by atoms with Gasteiger partial charge in [-0.05, 0) is 36.2 Å². The van der Waals surface area contributed by atoms with Gasteiger partial charge in [-0.25, -0.2) is 0 Å². The summed E-state index contributed by atoms with van der Waals surface area (Å²) in [5, 5.41) is 2.39. The van der Waals surface area contributed by atoms with Gasteiger partial charge >= 0.3 is 0 Å². The van der Waals surface area contributed by atoms with E-state index in [0.29, 0.717) is 0 Å². The van der Waals surface area contributed by atoms with Crippen LogP contribution in [0.5, 0.6) is 0 Å². The summed E-state index contributed by atoms with van der Waals surface area (Å²) in [6.07, 6.45) is 0.148. The molecule has 1 nitrogen and oxygen atoms in total. The van der Waals surface area contributed by atoms with Gasteiger partial charge in [0.25, 0.3) is 0 Å². The zero-order valence-corrected chi connectivity index (χ0v) is 9.16. The maximum Gasteiger partial charge on any atom is 0.0802 e. The Labute approximate surface area is 90.7 Å². The highest BCUT2D eigenvalue weighted by Gasteiger charge is 2.08. The van der Waals surface area contributed by atoms with Gasteiger partial charge in [-0.3, -0.25) is 0 Å². The molecule has 0 aliphatic heterocycles. The summed E-state index contributed by atoms with van der Waals surface area (Å²) in [4.78, 5) is 0. The third-order valence-corrected chi connectivity index (χ3v) is 2.59. The van der Waals surface area contributed by atoms with E-state index in [1.54, 1.807) is 0 Å². The summed E-state index contributed by atoms with van der Waals surface area (Å²) in [7, 11) is 0. The van der Waals surface area contributed by atoms with Crippen molar-refractivity contribution in [1.82, 2.24) is 0 Å². The smallest absolute Gasteiger partial charge is 0.0802 e. The van der Waals surface area contributed by atoms with Crippen molar-refractivity contribution in [2.75, 3.05) is 6.61 Å². The van der Waals surface area contributed by atoms with Crippen LogP contribution in [0.2, 0.25) is 0 Å². The Balaban J connectivity index is 2.50. The zero-order valence-electron chi connectivity index (χ0n) is 9.16. The minimum Gasteiger partial charge on any atom is -0.374 e. The van der Waals surface area contributed by atoms with Crippen LogP contribution in [-0.2, 0) is 4.74 Å². The van der Waals surface area contributed by atoms with Gasteiger partial charge in [0, 0.05) is 6.61 Å². The summed E-state index contributed by atoms with van der Waals surface area (Å²) in [6.45, 7) is 4.85. The van der Waals surface area contributed by atoms with Gasteiger partial charge in [0.2, 0.25) is 0 Å². The monoisotopic (exact) mass is 199 g/mol. The van der Waals surface area contributed by atoms with E-state index in [2.05, 4.69) is 37.3 Å². The highest BCUT2D eigenvalue weighted by Crippen LogP contribution is 2.25. The lowest BCUT2D eigenvalue weighted by Crippen LogP contribution is -2.00. The topological polar surface area (TPSA) is 9.23 Å². The third kappa shape index (κ3) is 2.02. The number of fused-ring (bicyclic) bond motifs is 1. The van der Waals surface area contributed by atoms with Crippen molar-refractivity contribution >= 4 is 10.8 Å². The molecule has 0 aromatic heterocycles. The van der Waals surface area contributed by atoms with Gasteiger partial charge in [-0.2, -0.15) is 0 Å². The highest BCUT2D eigenvalue weighted by atomic mass is 16.5. The molecule has 77 valence electrons. The zero-order chi connectivity index (χ0) is 10.7. The maximum atomic E-state index is 5.62. The molecule has 2 aromatic carbocycles. The van der Waals surface area contributed by atoms with E-state index in [9.17, 15) is 0 Å². The maximum absolute atomic E-state index is 5.62. The Kier molecular flexibility index (Phi) is 3.02. The Morgan fingerprint density at radius 3 is 2.87 bits per heavy atom. The van der Waals surface area contributed by atoms with E-state index < -0.39 is 0 Å². The van der Waals surface area contributed by atoms with Gasteiger partial charge < -0.3 is 4.74 Å². The van der Waals surface area contributed by atoms with Crippen LogP contribution in [0, 0.1) is 6.07 Å². The molecule has 0 aliphatic carbocycles. The highest BCUT2D eigenvalue weighted by molar-refractivity contribution is 5.85. The average Bonchev–Trinajstić information content (AvgIpc) is 2.28. The van der Waals surface area contributed by atoms with Crippen LogP contribution in [0.25, 0.3) is 10.8 Å². The Bertz CT molecular complexity index is 443. The van der Waals surface area contributed by atoms with Crippen LogP contribution >= 0.6 is 0 Å². The second-order valence-corrected chi connectivity index (χ2v) is 3.58. The predicted octanol–water partition coefficient (Wildman–Crippen LogP) is 3.74. The van der Waals surface area contributed by atoms with Crippen molar-refractivity contribution in [3.8, 4) is 0 Å². The Morgan fingerprint density at radius 1 is 1.27 bits per heavy atom. The fourth-order valence-electron chi connectivity index (χ4n) is 1.87. The average molecular weight is 199 g/mol. The molecule has 1 atom stereocenters. The van der Waals surface area contributed by atoms with Gasteiger partial charge in [0.05, 0.1) is 6.10 Å². The van der Waals surface area contributed by atoms with Crippen molar-refractivity contribution in [3.63, 3.8) is 0 Å². The molecule has 1 radical (unpaired) electrons. The molecule has 0 saturated heterocycles. The summed E-state index contributed by atoms with van der Waals surface area (Å²) in [5.74, 6) is 0. The molecule has 0 aliphatic rings. The van der Waals surface area contributed by atoms with E-state index in [1.807, 2.05) is 19.1 Å². The van der Waals surface area contributed by atoms with Crippen molar-refractivity contribution in [1.29, 1.82) is 0 Å². The summed E-state index contributed by atoms with van der Waals surface area (Å²) in [6, 6.07) is 15.6. The molecule has 1 heteroatoms. The first kappa shape index (κ1) is 10.2. The standard InChI is InChI=1S/C14H15O/c1-3-15-11(2)13-10-6-8-12-7-4-5-9-14(12)13/h4-7,9-11H,3H2,1-2H3. The fourth-order valence-corrected chi connectivity index (χ4v) is 1.87. The largest absolute Gasteiger partial charge is 0.374 e. The first-order valence-electron chi connectivity index (χ1n) is 5.34. The predicted molar refractivity (Wildman–Crippen MR) is 62.8 cm³/mol. The molecular formula is C14H15O. The lowest BCUT2D eigenvalue weighted by atomic mass is 10.0. The summed E-state index contributed by atoms with van der Waals surface area (Å²) < 4.78 is 5.62. The second kappa shape index (κ2) is 4.45. The van der Waals surface area contributed by atoms with Gasteiger partial charge in [0.15, 0.2) is 0 Å². The van der Waals surface area contributed by atoms with E-state index in [4.69, 9.17) is 4.74 Å². The molecule has 15 heavy (non-hydrogen) atoms. The molecule has 0 N–H and O–H groups in total. The van der Waals surface area contributed by atoms with Crippen molar-refractivity contribution < 1.29 is 4.74 Å². The lowest BCUT2D eigenvalue weighted by molar-refractivity contribution is 0.0774. The van der Waals surface area contributed by atoms with Crippen molar-refractivity contribution in [2.24, 2.45) is 0 Å². The van der Waals surface area contributed by atoms with Crippen molar-refractivity contribution in [2.45, 2.75) is 20.0 Å². The molecule has 0 fully saturated rings. The van der Waals surface area contributed by atoms with Crippen LogP contribution in [0.15, 0.2) is 36.4 Å². The van der Waals surface area contributed by atoms with E-state index >= 15 is 0 Å². The number of hydrogen-bond acceptors (Lipinski definition) is 1. The number of hydrogen-bond donors (Lipinski definition) is 0. The molecule has 2 rings (SSSR count). The summed E-state index contributed by atoms with van der Waals surface area (Å²) >= 11 is 0. The summed E-state index contributed by atoms with van der Waals surface area (Å²) in [5.41, 5.74) is 1.24.